The van der Waals surface area contributed by atoms with E-state index < -0.39 is 0 Å². The quantitative estimate of drug-likeness (QED) is 0.787. The van der Waals surface area contributed by atoms with Crippen LogP contribution in [0.2, 0.25) is 0 Å². The van der Waals surface area contributed by atoms with Crippen LogP contribution in [0.3, 0.4) is 0 Å². The Morgan fingerprint density at radius 3 is 2.73 bits per heavy atom. The zero-order valence-electron chi connectivity index (χ0n) is 8.41. The first kappa shape index (κ1) is 10.6. The second-order valence-electron chi connectivity index (χ2n) is 3.52. The van der Waals surface area contributed by atoms with Gasteiger partial charge >= 0.3 is 0 Å². The second-order valence-corrected chi connectivity index (χ2v) is 3.83. The number of alkyl halides is 1. The Balaban J connectivity index is 2.27. The van der Waals surface area contributed by atoms with Crippen LogP contribution in [0.25, 0.3) is 0 Å². The van der Waals surface area contributed by atoms with Crippen LogP contribution in [0.5, 0.6) is 11.5 Å². The zero-order chi connectivity index (χ0) is 10.7. The van der Waals surface area contributed by atoms with Crippen molar-refractivity contribution in [1.29, 1.82) is 0 Å². The Kier molecular flexibility index (Phi) is 3.34. The lowest BCUT2D eigenvalue weighted by Crippen LogP contribution is -2.11. The lowest BCUT2D eigenvalue weighted by molar-refractivity contribution is 0.297. The van der Waals surface area contributed by atoms with Gasteiger partial charge in [-0.3, -0.25) is 0 Å². The molecular weight excluding hydrogens is 214 g/mol. The summed E-state index contributed by atoms with van der Waals surface area (Å²) in [5, 5.41) is 0. The third kappa shape index (κ3) is 2.36. The highest BCUT2D eigenvalue weighted by atomic mass is 35.5. The highest BCUT2D eigenvalue weighted by Gasteiger charge is 2.13. The Morgan fingerprint density at radius 1 is 1.27 bits per heavy atom. The van der Waals surface area contributed by atoms with Crippen molar-refractivity contribution in [2.24, 2.45) is 5.73 Å². The van der Waals surface area contributed by atoms with Gasteiger partial charge in [0.25, 0.3) is 0 Å². The van der Waals surface area contributed by atoms with E-state index in [2.05, 4.69) is 0 Å². The second kappa shape index (κ2) is 4.73. The predicted molar refractivity (Wildman–Crippen MR) is 59.7 cm³/mol. The molecule has 0 fully saturated rings. The summed E-state index contributed by atoms with van der Waals surface area (Å²) < 4.78 is 11.1. The number of benzene rings is 1. The van der Waals surface area contributed by atoms with E-state index in [9.17, 15) is 0 Å². The van der Waals surface area contributed by atoms with E-state index in [0.29, 0.717) is 19.1 Å². The molecule has 1 heterocycles. The van der Waals surface area contributed by atoms with Crippen molar-refractivity contribution < 1.29 is 9.47 Å². The van der Waals surface area contributed by atoms with Crippen LogP contribution in [0.4, 0.5) is 0 Å². The maximum absolute atomic E-state index is 5.84. The maximum Gasteiger partial charge on any atom is 0.161 e. The van der Waals surface area contributed by atoms with Crippen molar-refractivity contribution in [1.82, 2.24) is 0 Å². The summed E-state index contributed by atoms with van der Waals surface area (Å²) in [6, 6.07) is 5.58. The minimum Gasteiger partial charge on any atom is -0.490 e. The van der Waals surface area contributed by atoms with Gasteiger partial charge in [0.15, 0.2) is 11.5 Å². The van der Waals surface area contributed by atoms with E-state index in [4.69, 9.17) is 26.8 Å². The fourth-order valence-electron chi connectivity index (χ4n) is 1.50. The smallest absolute Gasteiger partial charge is 0.161 e. The molecule has 2 rings (SSSR count). The summed E-state index contributed by atoms with van der Waals surface area (Å²) in [4.78, 5) is 0. The molecule has 0 amide bonds. The average molecular weight is 228 g/mol. The summed E-state index contributed by atoms with van der Waals surface area (Å²) >= 11 is 5.70. The molecule has 15 heavy (non-hydrogen) atoms. The molecular formula is C11H14ClNO2. The highest BCUT2D eigenvalue weighted by Crippen LogP contribution is 2.31. The maximum atomic E-state index is 5.84. The molecule has 0 saturated carbocycles. The number of fused-ring (bicyclic) bond motifs is 1. The first-order valence-corrected chi connectivity index (χ1v) is 5.56. The first-order chi connectivity index (χ1) is 7.31. The SMILES string of the molecule is NC(CCl)c1ccc2c(c1)OCCCO2. The molecule has 1 unspecified atom stereocenters. The van der Waals surface area contributed by atoms with Crippen LogP contribution in [0.15, 0.2) is 18.2 Å². The molecule has 1 aliphatic heterocycles. The number of halogens is 1. The number of rotatable bonds is 2. The van der Waals surface area contributed by atoms with Crippen molar-refractivity contribution in [2.45, 2.75) is 12.5 Å². The number of hydrogen-bond donors (Lipinski definition) is 1. The molecule has 2 N–H and O–H groups in total. The predicted octanol–water partition coefficient (Wildman–Crippen LogP) is 2.09. The van der Waals surface area contributed by atoms with Crippen LogP contribution < -0.4 is 15.2 Å². The van der Waals surface area contributed by atoms with Crippen molar-refractivity contribution in [3.63, 3.8) is 0 Å². The van der Waals surface area contributed by atoms with Gasteiger partial charge < -0.3 is 15.2 Å². The molecule has 0 saturated heterocycles. The van der Waals surface area contributed by atoms with Crippen LogP contribution in [-0.2, 0) is 0 Å². The summed E-state index contributed by atoms with van der Waals surface area (Å²) in [6.45, 7) is 1.39. The third-order valence-corrected chi connectivity index (χ3v) is 2.70. The Labute approximate surface area is 94.1 Å². The summed E-state index contributed by atoms with van der Waals surface area (Å²) in [5.74, 6) is 1.96. The lowest BCUT2D eigenvalue weighted by atomic mass is 10.1. The molecule has 0 aliphatic carbocycles. The van der Waals surface area contributed by atoms with Gasteiger partial charge in [0, 0.05) is 18.3 Å². The molecule has 1 aromatic rings. The molecule has 3 nitrogen and oxygen atoms in total. The molecule has 0 bridgehead atoms. The molecule has 0 spiro atoms. The van der Waals surface area contributed by atoms with Gasteiger partial charge in [-0.2, -0.15) is 0 Å². The van der Waals surface area contributed by atoms with Crippen LogP contribution in [0, 0.1) is 0 Å². The highest BCUT2D eigenvalue weighted by molar-refractivity contribution is 6.18. The number of nitrogens with two attached hydrogens (primary N) is 1. The molecule has 0 aromatic heterocycles. The Bertz CT molecular complexity index is 343. The Morgan fingerprint density at radius 2 is 2.00 bits per heavy atom. The van der Waals surface area contributed by atoms with E-state index in [1.54, 1.807) is 0 Å². The molecule has 1 aromatic carbocycles. The summed E-state index contributed by atoms with van der Waals surface area (Å²) in [7, 11) is 0. The van der Waals surface area contributed by atoms with Gasteiger partial charge in [-0.1, -0.05) is 6.07 Å². The van der Waals surface area contributed by atoms with Gasteiger partial charge in [0.05, 0.1) is 13.2 Å². The van der Waals surface area contributed by atoms with E-state index in [1.165, 1.54) is 0 Å². The van der Waals surface area contributed by atoms with Crippen molar-refractivity contribution in [3.8, 4) is 11.5 Å². The fraction of sp³-hybridized carbons (Fsp3) is 0.455. The number of ether oxygens (including phenoxy) is 2. The van der Waals surface area contributed by atoms with Crippen molar-refractivity contribution in [2.75, 3.05) is 19.1 Å². The van der Waals surface area contributed by atoms with Gasteiger partial charge in [0.2, 0.25) is 0 Å². The molecule has 82 valence electrons. The van der Waals surface area contributed by atoms with Crippen LogP contribution in [0.1, 0.15) is 18.0 Å². The first-order valence-electron chi connectivity index (χ1n) is 5.02. The summed E-state index contributed by atoms with van der Waals surface area (Å²) in [5.41, 5.74) is 6.82. The molecule has 1 atom stereocenters. The number of hydrogen-bond acceptors (Lipinski definition) is 3. The molecule has 4 heteroatoms. The molecule has 0 radical (unpaired) electrons. The molecule has 1 aliphatic rings. The minimum absolute atomic E-state index is 0.149. The van der Waals surface area contributed by atoms with E-state index in [1.807, 2.05) is 18.2 Å². The lowest BCUT2D eigenvalue weighted by Gasteiger charge is -2.12. The van der Waals surface area contributed by atoms with Gasteiger partial charge in [-0.05, 0) is 17.7 Å². The monoisotopic (exact) mass is 227 g/mol. The largest absolute Gasteiger partial charge is 0.490 e. The topological polar surface area (TPSA) is 44.5 Å². The summed E-state index contributed by atoms with van der Waals surface area (Å²) in [6.07, 6.45) is 0.908. The minimum atomic E-state index is -0.149. The third-order valence-electron chi connectivity index (χ3n) is 2.37. The van der Waals surface area contributed by atoms with Gasteiger partial charge in [-0.25, -0.2) is 0 Å². The fourth-order valence-corrected chi connectivity index (χ4v) is 1.68. The van der Waals surface area contributed by atoms with E-state index >= 15 is 0 Å². The van der Waals surface area contributed by atoms with Crippen LogP contribution in [-0.4, -0.2) is 19.1 Å². The van der Waals surface area contributed by atoms with E-state index in [0.717, 1.165) is 23.5 Å². The normalized spacial score (nSPS) is 16.9. The van der Waals surface area contributed by atoms with Crippen molar-refractivity contribution >= 4 is 11.6 Å². The van der Waals surface area contributed by atoms with Gasteiger partial charge in [-0.15, -0.1) is 11.6 Å². The van der Waals surface area contributed by atoms with Gasteiger partial charge in [0.1, 0.15) is 0 Å². The standard InChI is InChI=1S/C11H14ClNO2/c12-7-9(13)8-2-3-10-11(6-8)15-5-1-4-14-10/h2-3,6,9H,1,4-5,7,13H2. The zero-order valence-corrected chi connectivity index (χ0v) is 9.17. The Hall–Kier alpha value is -0.930. The van der Waals surface area contributed by atoms with E-state index in [-0.39, 0.29) is 6.04 Å². The van der Waals surface area contributed by atoms with Crippen molar-refractivity contribution in [3.05, 3.63) is 23.8 Å². The van der Waals surface area contributed by atoms with Crippen LogP contribution >= 0.6 is 11.6 Å². The average Bonchev–Trinajstić information content (AvgIpc) is 2.51.